The van der Waals surface area contributed by atoms with E-state index >= 15 is 0 Å². The van der Waals surface area contributed by atoms with Gasteiger partial charge < -0.3 is 4.90 Å². The predicted octanol–water partition coefficient (Wildman–Crippen LogP) is 5.59. The van der Waals surface area contributed by atoms with Gasteiger partial charge in [0.25, 0.3) is 5.91 Å². The number of halogens is 1. The first-order valence-corrected chi connectivity index (χ1v) is 11.4. The van der Waals surface area contributed by atoms with Gasteiger partial charge in [-0.3, -0.25) is 9.69 Å². The third-order valence-corrected chi connectivity index (χ3v) is 6.94. The van der Waals surface area contributed by atoms with E-state index in [4.69, 9.17) is 0 Å². The van der Waals surface area contributed by atoms with Crippen molar-refractivity contribution < 1.29 is 9.18 Å². The van der Waals surface area contributed by atoms with E-state index < -0.39 is 0 Å². The first-order valence-electron chi connectivity index (χ1n) is 10.5. The average Bonchev–Trinajstić information content (AvgIpc) is 3.25. The van der Waals surface area contributed by atoms with Crippen LogP contribution in [0.3, 0.4) is 0 Å². The molecule has 0 saturated carbocycles. The largest absolute Gasteiger partial charge is 0.336 e. The summed E-state index contributed by atoms with van der Waals surface area (Å²) < 4.78 is 14.7. The highest BCUT2D eigenvalue weighted by atomic mass is 32.1. The van der Waals surface area contributed by atoms with E-state index in [1.807, 2.05) is 58.8 Å². The van der Waals surface area contributed by atoms with Gasteiger partial charge in [-0.05, 0) is 29.3 Å². The Hall–Kier alpha value is -3.02. The number of thiophene rings is 1. The number of hydrogen-bond donors (Lipinski definition) is 0. The van der Waals surface area contributed by atoms with Crippen molar-refractivity contribution in [3.63, 3.8) is 0 Å². The lowest BCUT2D eigenvalue weighted by atomic mass is 9.96. The van der Waals surface area contributed by atoms with E-state index in [1.165, 1.54) is 17.7 Å². The third-order valence-electron chi connectivity index (χ3n) is 5.98. The van der Waals surface area contributed by atoms with Crippen molar-refractivity contribution >= 4 is 27.3 Å². The molecule has 5 rings (SSSR count). The quantitative estimate of drug-likeness (QED) is 0.421. The van der Waals surface area contributed by atoms with Crippen molar-refractivity contribution in [2.75, 3.05) is 26.2 Å². The molecule has 1 aromatic heterocycles. The van der Waals surface area contributed by atoms with Crippen molar-refractivity contribution in [2.24, 2.45) is 0 Å². The number of nitrogens with zero attached hydrogens (tertiary/aromatic N) is 2. The van der Waals surface area contributed by atoms with Gasteiger partial charge in [-0.15, -0.1) is 11.3 Å². The Bertz CT molecular complexity index is 1180. The smallest absolute Gasteiger partial charge is 0.255 e. The minimum Gasteiger partial charge on any atom is -0.336 e. The Labute approximate surface area is 185 Å². The van der Waals surface area contributed by atoms with Crippen LogP contribution in [-0.2, 0) is 0 Å². The van der Waals surface area contributed by atoms with Gasteiger partial charge in [0.1, 0.15) is 5.82 Å². The summed E-state index contributed by atoms with van der Waals surface area (Å²) >= 11 is 1.62. The zero-order valence-electron chi connectivity index (χ0n) is 17.1. The van der Waals surface area contributed by atoms with Crippen LogP contribution in [-0.4, -0.2) is 41.9 Å². The number of hydrogen-bond acceptors (Lipinski definition) is 3. The second kappa shape index (κ2) is 8.61. The molecule has 1 aliphatic rings. The number of fused-ring (bicyclic) bond motifs is 1. The molecule has 1 atom stereocenters. The Kier molecular flexibility index (Phi) is 5.53. The molecule has 1 saturated heterocycles. The third kappa shape index (κ3) is 3.99. The molecule has 1 unspecified atom stereocenters. The summed E-state index contributed by atoms with van der Waals surface area (Å²) in [6.07, 6.45) is 0. The lowest BCUT2D eigenvalue weighted by Gasteiger charge is -2.39. The lowest BCUT2D eigenvalue weighted by Crippen LogP contribution is -2.49. The van der Waals surface area contributed by atoms with E-state index in [9.17, 15) is 9.18 Å². The minimum absolute atomic E-state index is 0.0426. The highest BCUT2D eigenvalue weighted by Gasteiger charge is 2.29. The number of carbonyl (C=O) groups excluding carboxylic acids is 1. The molecule has 1 amide bonds. The number of amides is 1. The van der Waals surface area contributed by atoms with Gasteiger partial charge in [0.2, 0.25) is 0 Å². The van der Waals surface area contributed by atoms with Crippen molar-refractivity contribution in [3.05, 3.63) is 107 Å². The van der Waals surface area contributed by atoms with E-state index in [0.29, 0.717) is 13.1 Å². The zero-order chi connectivity index (χ0) is 21.2. The van der Waals surface area contributed by atoms with E-state index in [-0.39, 0.29) is 17.8 Å². The molecule has 4 aromatic rings. The highest BCUT2D eigenvalue weighted by Crippen LogP contribution is 2.31. The fraction of sp³-hybridized carbons (Fsp3) is 0.192. The maximum absolute atomic E-state index is 13.5. The molecule has 0 aliphatic carbocycles. The van der Waals surface area contributed by atoms with Gasteiger partial charge in [-0.1, -0.05) is 60.7 Å². The molecular formula is C26H23FN2OS. The molecule has 0 radical (unpaired) electrons. The first kappa shape index (κ1) is 19.9. The summed E-state index contributed by atoms with van der Waals surface area (Å²) in [5.74, 6) is -0.121. The van der Waals surface area contributed by atoms with Crippen LogP contribution >= 0.6 is 11.3 Å². The Morgan fingerprint density at radius 2 is 1.45 bits per heavy atom. The van der Waals surface area contributed by atoms with Crippen LogP contribution in [0.2, 0.25) is 0 Å². The maximum Gasteiger partial charge on any atom is 0.255 e. The van der Waals surface area contributed by atoms with Crippen LogP contribution in [0.5, 0.6) is 0 Å². The zero-order valence-corrected chi connectivity index (χ0v) is 17.9. The Morgan fingerprint density at radius 3 is 2.19 bits per heavy atom. The second-order valence-corrected chi connectivity index (χ2v) is 8.75. The van der Waals surface area contributed by atoms with Gasteiger partial charge >= 0.3 is 0 Å². The van der Waals surface area contributed by atoms with Crippen molar-refractivity contribution in [1.29, 1.82) is 0 Å². The van der Waals surface area contributed by atoms with E-state index in [0.717, 1.165) is 34.3 Å². The molecule has 1 fully saturated rings. The highest BCUT2D eigenvalue weighted by molar-refractivity contribution is 7.17. The van der Waals surface area contributed by atoms with Crippen LogP contribution in [0.1, 0.15) is 27.5 Å². The van der Waals surface area contributed by atoms with Crippen LogP contribution in [0.15, 0.2) is 84.2 Å². The lowest BCUT2D eigenvalue weighted by molar-refractivity contribution is 0.0599. The minimum atomic E-state index is -0.228. The molecule has 0 N–H and O–H groups in total. The summed E-state index contributed by atoms with van der Waals surface area (Å²) in [7, 11) is 0. The molecule has 3 aromatic carbocycles. The van der Waals surface area contributed by atoms with E-state index in [1.54, 1.807) is 11.3 Å². The fourth-order valence-corrected chi connectivity index (χ4v) is 5.33. The molecule has 5 heteroatoms. The van der Waals surface area contributed by atoms with Crippen molar-refractivity contribution in [3.8, 4) is 0 Å². The van der Waals surface area contributed by atoms with Crippen LogP contribution in [0.25, 0.3) is 10.1 Å². The SMILES string of the molecule is O=C(c1csc2ccccc12)N1CCN(C(c2ccccc2)c2ccc(F)cc2)CC1. The summed E-state index contributed by atoms with van der Waals surface area (Å²) in [5.41, 5.74) is 3.04. The summed E-state index contributed by atoms with van der Waals surface area (Å²) in [6.45, 7) is 2.89. The monoisotopic (exact) mass is 430 g/mol. The molecular weight excluding hydrogens is 407 g/mol. The number of benzene rings is 3. The van der Waals surface area contributed by atoms with Crippen molar-refractivity contribution in [1.82, 2.24) is 9.80 Å². The summed E-state index contributed by atoms with van der Waals surface area (Å²) in [6, 6.07) is 25.2. The van der Waals surface area contributed by atoms with Gasteiger partial charge in [-0.25, -0.2) is 4.39 Å². The predicted molar refractivity (Wildman–Crippen MR) is 124 cm³/mol. The second-order valence-electron chi connectivity index (χ2n) is 7.84. The van der Waals surface area contributed by atoms with Crippen LogP contribution in [0.4, 0.5) is 4.39 Å². The summed E-state index contributed by atoms with van der Waals surface area (Å²) in [5, 5.41) is 3.01. The number of piperazine rings is 1. The van der Waals surface area contributed by atoms with Crippen molar-refractivity contribution in [2.45, 2.75) is 6.04 Å². The molecule has 0 bridgehead atoms. The first-order chi connectivity index (χ1) is 15.2. The van der Waals surface area contributed by atoms with Gasteiger partial charge in [0, 0.05) is 41.6 Å². The molecule has 1 aliphatic heterocycles. The molecule has 156 valence electrons. The maximum atomic E-state index is 13.5. The Morgan fingerprint density at radius 1 is 0.806 bits per heavy atom. The molecule has 31 heavy (non-hydrogen) atoms. The topological polar surface area (TPSA) is 23.6 Å². The summed E-state index contributed by atoms with van der Waals surface area (Å²) in [4.78, 5) is 17.5. The van der Waals surface area contributed by atoms with Gasteiger partial charge in [0.15, 0.2) is 0 Å². The number of rotatable bonds is 4. The van der Waals surface area contributed by atoms with E-state index in [2.05, 4.69) is 23.1 Å². The Balaban J connectivity index is 1.36. The average molecular weight is 431 g/mol. The van der Waals surface area contributed by atoms with Crippen LogP contribution < -0.4 is 0 Å². The number of carbonyl (C=O) groups is 1. The normalized spacial score (nSPS) is 15.8. The molecule has 0 spiro atoms. The molecule has 2 heterocycles. The van der Waals surface area contributed by atoms with Gasteiger partial charge in [0.05, 0.1) is 11.6 Å². The molecule has 3 nitrogen and oxygen atoms in total. The van der Waals surface area contributed by atoms with Gasteiger partial charge in [-0.2, -0.15) is 0 Å². The van der Waals surface area contributed by atoms with Crippen LogP contribution in [0, 0.1) is 5.82 Å². The standard InChI is InChI=1S/C26H23FN2OS/c27-21-12-10-20(11-13-21)25(19-6-2-1-3-7-19)28-14-16-29(17-15-28)26(30)23-18-31-24-9-5-4-8-22(23)24/h1-13,18,25H,14-17H2. The fourth-order valence-electron chi connectivity index (χ4n) is 4.39.